The Kier molecular flexibility index (Phi) is 5.78. The lowest BCUT2D eigenvalue weighted by Gasteiger charge is -2.14. The second-order valence-electron chi connectivity index (χ2n) is 3.68. The van der Waals surface area contributed by atoms with Crippen LogP contribution in [0.5, 0.6) is 5.75 Å². The minimum absolute atomic E-state index is 0.118. The molecule has 0 unspecified atom stereocenters. The van der Waals surface area contributed by atoms with Crippen LogP contribution in [-0.2, 0) is 9.47 Å². The molecule has 0 aliphatic heterocycles. The average Bonchev–Trinajstić information content (AvgIpc) is 2.38. The number of hydrogen-bond donors (Lipinski definition) is 1. The molecule has 0 bridgehead atoms. The van der Waals surface area contributed by atoms with Gasteiger partial charge < -0.3 is 19.5 Å². The molecule has 0 aliphatic rings. The van der Waals surface area contributed by atoms with Gasteiger partial charge >= 0.3 is 6.36 Å². The predicted octanol–water partition coefficient (Wildman–Crippen LogP) is 1.93. The zero-order chi connectivity index (χ0) is 15.2. The summed E-state index contributed by atoms with van der Waals surface area (Å²) in [6.07, 6.45) is -5.35. The van der Waals surface area contributed by atoms with Gasteiger partial charge in [-0.1, -0.05) is 0 Å². The smallest absolute Gasteiger partial charge is 0.406 e. The number of halogens is 3. The van der Waals surface area contributed by atoms with Crippen LogP contribution in [0, 0.1) is 0 Å². The van der Waals surface area contributed by atoms with E-state index in [1.807, 2.05) is 0 Å². The molecule has 20 heavy (non-hydrogen) atoms. The summed E-state index contributed by atoms with van der Waals surface area (Å²) in [5.41, 5.74) is 0.200. The van der Waals surface area contributed by atoms with Gasteiger partial charge in [0.05, 0.1) is 6.54 Å². The Morgan fingerprint density at radius 2 is 1.75 bits per heavy atom. The Bertz CT molecular complexity index is 429. The van der Waals surface area contributed by atoms with E-state index in [4.69, 9.17) is 9.47 Å². The molecule has 8 heteroatoms. The van der Waals surface area contributed by atoms with E-state index in [1.165, 1.54) is 26.4 Å². The van der Waals surface area contributed by atoms with Crippen LogP contribution >= 0.6 is 0 Å². The van der Waals surface area contributed by atoms with E-state index in [0.29, 0.717) is 0 Å². The molecule has 0 heterocycles. The Morgan fingerprint density at radius 3 is 2.20 bits per heavy atom. The van der Waals surface area contributed by atoms with E-state index < -0.39 is 18.6 Å². The number of hydrogen-bond acceptors (Lipinski definition) is 4. The van der Waals surface area contributed by atoms with Crippen LogP contribution in [0.25, 0.3) is 0 Å². The van der Waals surface area contributed by atoms with Crippen molar-refractivity contribution in [2.45, 2.75) is 12.7 Å². The SMILES string of the molecule is COC(CNC(=O)c1ccc(OC(F)(F)F)cc1)OC. The van der Waals surface area contributed by atoms with Crippen molar-refractivity contribution in [3.8, 4) is 5.75 Å². The van der Waals surface area contributed by atoms with Crippen LogP contribution in [0.1, 0.15) is 10.4 Å². The monoisotopic (exact) mass is 293 g/mol. The van der Waals surface area contributed by atoms with Gasteiger partial charge in [-0.25, -0.2) is 0 Å². The molecule has 0 saturated heterocycles. The highest BCUT2D eigenvalue weighted by atomic mass is 19.4. The van der Waals surface area contributed by atoms with Crippen LogP contribution in [0.4, 0.5) is 13.2 Å². The van der Waals surface area contributed by atoms with Crippen molar-refractivity contribution in [1.82, 2.24) is 5.32 Å². The first-order chi connectivity index (χ1) is 9.35. The van der Waals surface area contributed by atoms with Gasteiger partial charge in [-0.05, 0) is 24.3 Å². The average molecular weight is 293 g/mol. The van der Waals surface area contributed by atoms with Crippen LogP contribution in [0.15, 0.2) is 24.3 Å². The van der Waals surface area contributed by atoms with Crippen LogP contribution < -0.4 is 10.1 Å². The molecule has 1 rings (SSSR count). The molecule has 0 saturated carbocycles. The Morgan fingerprint density at radius 1 is 1.20 bits per heavy atom. The predicted molar refractivity (Wildman–Crippen MR) is 63.3 cm³/mol. The van der Waals surface area contributed by atoms with Gasteiger partial charge in [0.15, 0.2) is 6.29 Å². The number of carbonyl (C=O) groups excluding carboxylic acids is 1. The zero-order valence-electron chi connectivity index (χ0n) is 10.9. The Hall–Kier alpha value is -1.80. The summed E-state index contributed by atoms with van der Waals surface area (Å²) in [5, 5.41) is 2.52. The van der Waals surface area contributed by atoms with Gasteiger partial charge in [-0.3, -0.25) is 4.79 Å². The highest BCUT2D eigenvalue weighted by molar-refractivity contribution is 5.94. The summed E-state index contributed by atoms with van der Waals surface area (Å²) >= 11 is 0. The van der Waals surface area contributed by atoms with E-state index in [0.717, 1.165) is 12.1 Å². The molecule has 0 spiro atoms. The lowest BCUT2D eigenvalue weighted by atomic mass is 10.2. The summed E-state index contributed by atoms with van der Waals surface area (Å²) in [5.74, 6) is -0.844. The van der Waals surface area contributed by atoms with Crippen molar-refractivity contribution in [2.75, 3.05) is 20.8 Å². The molecular formula is C12H14F3NO4. The minimum atomic E-state index is -4.76. The summed E-state index contributed by atoms with van der Waals surface area (Å²) < 4.78 is 49.3. The van der Waals surface area contributed by atoms with Crippen molar-refractivity contribution >= 4 is 5.91 Å². The molecule has 5 nitrogen and oxygen atoms in total. The summed E-state index contributed by atoms with van der Waals surface area (Å²) in [6.45, 7) is 0.118. The number of amides is 1. The maximum atomic E-state index is 12.0. The normalized spacial score (nSPS) is 11.5. The first-order valence-corrected chi connectivity index (χ1v) is 5.55. The molecule has 0 radical (unpaired) electrons. The topological polar surface area (TPSA) is 56.8 Å². The van der Waals surface area contributed by atoms with Crippen LogP contribution in [0.3, 0.4) is 0 Å². The van der Waals surface area contributed by atoms with E-state index in [9.17, 15) is 18.0 Å². The molecule has 1 aromatic rings. The highest BCUT2D eigenvalue weighted by Crippen LogP contribution is 2.22. The quantitative estimate of drug-likeness (QED) is 0.814. The fourth-order valence-corrected chi connectivity index (χ4v) is 1.35. The molecule has 1 amide bonds. The second kappa shape index (κ2) is 7.11. The summed E-state index contributed by atoms with van der Waals surface area (Å²) in [7, 11) is 2.84. The van der Waals surface area contributed by atoms with E-state index in [1.54, 1.807) is 0 Å². The van der Waals surface area contributed by atoms with Crippen molar-refractivity contribution in [3.63, 3.8) is 0 Å². The van der Waals surface area contributed by atoms with Gasteiger partial charge in [0.25, 0.3) is 5.91 Å². The molecule has 1 N–H and O–H groups in total. The maximum Gasteiger partial charge on any atom is 0.573 e. The summed E-state index contributed by atoms with van der Waals surface area (Å²) in [4.78, 5) is 11.7. The molecule has 0 aliphatic carbocycles. The fourth-order valence-electron chi connectivity index (χ4n) is 1.35. The minimum Gasteiger partial charge on any atom is -0.406 e. The van der Waals surface area contributed by atoms with Crippen LogP contribution in [0.2, 0.25) is 0 Å². The van der Waals surface area contributed by atoms with Crippen molar-refractivity contribution < 1.29 is 32.2 Å². The molecule has 0 fully saturated rings. The molecule has 0 atom stereocenters. The zero-order valence-corrected chi connectivity index (χ0v) is 10.9. The van der Waals surface area contributed by atoms with E-state index >= 15 is 0 Å². The number of nitrogens with one attached hydrogen (secondary N) is 1. The first-order valence-electron chi connectivity index (χ1n) is 5.55. The number of carbonyl (C=O) groups is 1. The van der Waals surface area contributed by atoms with Gasteiger partial charge in [0.1, 0.15) is 5.75 Å². The van der Waals surface area contributed by atoms with E-state index in [-0.39, 0.29) is 17.9 Å². The number of ether oxygens (including phenoxy) is 3. The third-order valence-corrected chi connectivity index (χ3v) is 2.31. The third kappa shape index (κ3) is 5.45. The second-order valence-corrected chi connectivity index (χ2v) is 3.68. The van der Waals surface area contributed by atoms with E-state index in [2.05, 4.69) is 10.1 Å². The number of methoxy groups -OCH3 is 2. The highest BCUT2D eigenvalue weighted by Gasteiger charge is 2.31. The molecule has 0 aromatic heterocycles. The fraction of sp³-hybridized carbons (Fsp3) is 0.417. The standard InChI is InChI=1S/C12H14F3NO4/c1-18-10(19-2)7-16-11(17)8-3-5-9(6-4-8)20-12(13,14)15/h3-6,10H,7H2,1-2H3,(H,16,17). The van der Waals surface area contributed by atoms with Gasteiger partial charge in [0, 0.05) is 19.8 Å². The third-order valence-electron chi connectivity index (χ3n) is 2.31. The van der Waals surface area contributed by atoms with Crippen molar-refractivity contribution in [3.05, 3.63) is 29.8 Å². The molecule has 1 aromatic carbocycles. The number of rotatable bonds is 6. The largest absolute Gasteiger partial charge is 0.573 e. The molecular weight excluding hydrogens is 279 g/mol. The first kappa shape index (κ1) is 16.3. The Balaban J connectivity index is 2.57. The van der Waals surface area contributed by atoms with Gasteiger partial charge in [0.2, 0.25) is 0 Å². The van der Waals surface area contributed by atoms with Crippen molar-refractivity contribution in [2.24, 2.45) is 0 Å². The Labute approximate surface area is 113 Å². The van der Waals surface area contributed by atoms with Crippen molar-refractivity contribution in [1.29, 1.82) is 0 Å². The lowest BCUT2D eigenvalue weighted by Crippen LogP contribution is -2.34. The van der Waals surface area contributed by atoms with Crippen LogP contribution in [-0.4, -0.2) is 39.3 Å². The number of alkyl halides is 3. The summed E-state index contributed by atoms with van der Waals surface area (Å²) in [6, 6.07) is 4.58. The number of benzene rings is 1. The lowest BCUT2D eigenvalue weighted by molar-refractivity contribution is -0.274. The maximum absolute atomic E-state index is 12.0. The van der Waals surface area contributed by atoms with Gasteiger partial charge in [-0.2, -0.15) is 0 Å². The molecule has 112 valence electrons. The van der Waals surface area contributed by atoms with Gasteiger partial charge in [-0.15, -0.1) is 13.2 Å².